The van der Waals surface area contributed by atoms with Crippen LogP contribution in [0.2, 0.25) is 0 Å². The highest BCUT2D eigenvalue weighted by molar-refractivity contribution is 9.10. The highest BCUT2D eigenvalue weighted by Crippen LogP contribution is 2.33. The van der Waals surface area contributed by atoms with Crippen molar-refractivity contribution in [3.8, 4) is 5.75 Å². The summed E-state index contributed by atoms with van der Waals surface area (Å²) >= 11 is 3.44. The fraction of sp³-hybridized carbons (Fsp3) is 0.538. The maximum atomic E-state index is 12.0. The van der Waals surface area contributed by atoms with Gasteiger partial charge < -0.3 is 4.74 Å². The first-order chi connectivity index (χ1) is 8.71. The Morgan fingerprint density at radius 3 is 2.68 bits per heavy atom. The lowest BCUT2D eigenvalue weighted by Crippen LogP contribution is -2.38. The van der Waals surface area contributed by atoms with Crippen LogP contribution in [0.5, 0.6) is 5.75 Å². The molecule has 4 nitrogen and oxygen atoms in total. The van der Waals surface area contributed by atoms with Crippen LogP contribution in [0.4, 0.5) is 0 Å². The second-order valence-electron chi connectivity index (χ2n) is 5.59. The van der Waals surface area contributed by atoms with Crippen molar-refractivity contribution < 1.29 is 13.2 Å². The predicted octanol–water partition coefficient (Wildman–Crippen LogP) is 2.60. The molecular weight excluding hydrogens is 330 g/mol. The summed E-state index contributed by atoms with van der Waals surface area (Å²) in [6.07, 6.45) is 0.869. The average Bonchev–Trinajstić information content (AvgIpc) is 2.72. The van der Waals surface area contributed by atoms with Crippen LogP contribution in [0.3, 0.4) is 0 Å². The zero-order valence-electron chi connectivity index (χ0n) is 11.3. The maximum Gasteiger partial charge on any atom is 0.216 e. The first-order valence-corrected chi connectivity index (χ1v) is 8.41. The van der Waals surface area contributed by atoms with Crippen molar-refractivity contribution in [2.45, 2.75) is 38.5 Å². The molecule has 6 heteroatoms. The molecule has 1 aromatic rings. The summed E-state index contributed by atoms with van der Waals surface area (Å²) in [5.41, 5.74) is 1.99. The molecule has 0 fully saturated rings. The maximum absolute atomic E-state index is 12.0. The molecule has 0 atom stereocenters. The van der Waals surface area contributed by atoms with E-state index in [2.05, 4.69) is 20.7 Å². The lowest BCUT2D eigenvalue weighted by atomic mass is 10.1. The highest BCUT2D eigenvalue weighted by Gasteiger charge is 2.29. The molecule has 0 spiro atoms. The molecule has 0 unspecified atom stereocenters. The van der Waals surface area contributed by atoms with Gasteiger partial charge in [0.05, 0.1) is 11.4 Å². The molecule has 1 heterocycles. The van der Waals surface area contributed by atoms with Gasteiger partial charge in [-0.25, -0.2) is 13.1 Å². The van der Waals surface area contributed by atoms with Gasteiger partial charge in [0.2, 0.25) is 10.0 Å². The topological polar surface area (TPSA) is 55.4 Å². The first-order valence-electron chi connectivity index (χ1n) is 6.14. The Kier molecular flexibility index (Phi) is 3.95. The normalized spacial score (nSPS) is 15.2. The molecule has 0 aliphatic carbocycles. The van der Waals surface area contributed by atoms with E-state index in [1.807, 2.05) is 12.1 Å². The Bertz CT molecular complexity index is 591. The Hall–Kier alpha value is -0.590. The second-order valence-corrected chi connectivity index (χ2v) is 9.02. The van der Waals surface area contributed by atoms with E-state index in [4.69, 9.17) is 4.74 Å². The van der Waals surface area contributed by atoms with E-state index in [0.29, 0.717) is 6.61 Å². The first kappa shape index (κ1) is 14.8. The third-order valence-electron chi connectivity index (χ3n) is 3.08. The summed E-state index contributed by atoms with van der Waals surface area (Å²) in [6.45, 7) is 5.94. The Balaban J connectivity index is 2.22. The van der Waals surface area contributed by atoms with E-state index in [1.54, 1.807) is 20.8 Å². The smallest absolute Gasteiger partial charge is 0.216 e. The highest BCUT2D eigenvalue weighted by atomic mass is 79.9. The minimum absolute atomic E-state index is 0.251. The summed E-state index contributed by atoms with van der Waals surface area (Å²) < 4.78 is 32.4. The van der Waals surface area contributed by atoms with Crippen molar-refractivity contribution in [3.05, 3.63) is 27.7 Å². The van der Waals surface area contributed by atoms with Crippen molar-refractivity contribution >= 4 is 26.0 Å². The fourth-order valence-electron chi connectivity index (χ4n) is 1.87. The van der Waals surface area contributed by atoms with Crippen LogP contribution in [-0.4, -0.2) is 19.8 Å². The summed E-state index contributed by atoms with van der Waals surface area (Å²) in [4.78, 5) is 0. The number of hydrogen-bond acceptors (Lipinski definition) is 3. The second kappa shape index (κ2) is 5.07. The number of ether oxygens (including phenoxy) is 1. The monoisotopic (exact) mass is 347 g/mol. The van der Waals surface area contributed by atoms with Crippen LogP contribution in [0, 0.1) is 0 Å². The molecule has 0 radical (unpaired) electrons. The van der Waals surface area contributed by atoms with Gasteiger partial charge in [-0.15, -0.1) is 0 Å². The van der Waals surface area contributed by atoms with Gasteiger partial charge in [-0.1, -0.05) is 15.9 Å². The standard InChI is InChI=1S/C13H18BrNO3S/c1-13(2,3)19(16,17)15-8-10-7-11(14)6-9-4-5-18-12(9)10/h6-7,15H,4-5,8H2,1-3H3. The summed E-state index contributed by atoms with van der Waals surface area (Å²) in [5.74, 6) is 0.819. The molecule has 1 aromatic carbocycles. The van der Waals surface area contributed by atoms with Crippen molar-refractivity contribution in [2.24, 2.45) is 0 Å². The lowest BCUT2D eigenvalue weighted by molar-refractivity contribution is 0.353. The van der Waals surface area contributed by atoms with Gasteiger partial charge in [-0.3, -0.25) is 0 Å². The van der Waals surface area contributed by atoms with E-state index in [9.17, 15) is 8.42 Å². The summed E-state index contributed by atoms with van der Waals surface area (Å²) in [6, 6.07) is 3.92. The molecule has 0 amide bonds. The number of hydrogen-bond donors (Lipinski definition) is 1. The molecule has 106 valence electrons. The SMILES string of the molecule is CC(C)(C)S(=O)(=O)NCc1cc(Br)cc2c1OCC2. The zero-order chi connectivity index (χ0) is 14.3. The van der Waals surface area contributed by atoms with Crippen LogP contribution in [-0.2, 0) is 23.0 Å². The molecule has 19 heavy (non-hydrogen) atoms. The largest absolute Gasteiger partial charge is 0.493 e. The summed E-state index contributed by atoms with van der Waals surface area (Å²) in [5, 5.41) is 0. The molecule has 0 saturated heterocycles. The number of benzene rings is 1. The molecule has 1 N–H and O–H groups in total. The van der Waals surface area contributed by atoms with E-state index in [1.165, 1.54) is 0 Å². The molecule has 2 rings (SSSR count). The van der Waals surface area contributed by atoms with Crippen LogP contribution in [0.1, 0.15) is 31.9 Å². The molecule has 0 saturated carbocycles. The van der Waals surface area contributed by atoms with E-state index >= 15 is 0 Å². The number of nitrogens with one attached hydrogen (secondary N) is 1. The van der Waals surface area contributed by atoms with E-state index in [0.717, 1.165) is 27.8 Å². The minimum atomic E-state index is -3.35. The van der Waals surface area contributed by atoms with Gasteiger partial charge >= 0.3 is 0 Å². The van der Waals surface area contributed by atoms with Gasteiger partial charge in [0.15, 0.2) is 0 Å². The van der Waals surface area contributed by atoms with Crippen molar-refractivity contribution in [2.75, 3.05) is 6.61 Å². The number of fused-ring (bicyclic) bond motifs is 1. The lowest BCUT2D eigenvalue weighted by Gasteiger charge is -2.20. The Morgan fingerprint density at radius 2 is 2.05 bits per heavy atom. The van der Waals surface area contributed by atoms with Crippen LogP contribution < -0.4 is 9.46 Å². The van der Waals surface area contributed by atoms with E-state index < -0.39 is 14.8 Å². The van der Waals surface area contributed by atoms with Crippen molar-refractivity contribution in [1.82, 2.24) is 4.72 Å². The third kappa shape index (κ3) is 3.12. The third-order valence-corrected chi connectivity index (χ3v) is 5.68. The van der Waals surface area contributed by atoms with Gasteiger partial charge in [-0.2, -0.15) is 0 Å². The van der Waals surface area contributed by atoms with Crippen LogP contribution in [0.25, 0.3) is 0 Å². The number of sulfonamides is 1. The van der Waals surface area contributed by atoms with E-state index in [-0.39, 0.29) is 6.54 Å². The van der Waals surface area contributed by atoms with Gasteiger partial charge in [-0.05, 0) is 38.5 Å². The van der Waals surface area contributed by atoms with Crippen LogP contribution in [0.15, 0.2) is 16.6 Å². The van der Waals surface area contributed by atoms with Gasteiger partial charge in [0.1, 0.15) is 5.75 Å². The fourth-order valence-corrected chi connectivity index (χ4v) is 3.20. The number of rotatable bonds is 3. The predicted molar refractivity (Wildman–Crippen MR) is 78.9 cm³/mol. The number of halogens is 1. The zero-order valence-corrected chi connectivity index (χ0v) is 13.7. The Morgan fingerprint density at radius 1 is 1.37 bits per heavy atom. The molecule has 1 aliphatic rings. The van der Waals surface area contributed by atoms with Crippen LogP contribution >= 0.6 is 15.9 Å². The molecule has 0 bridgehead atoms. The van der Waals surface area contributed by atoms with Crippen molar-refractivity contribution in [1.29, 1.82) is 0 Å². The average molecular weight is 348 g/mol. The molecular formula is C13H18BrNO3S. The summed E-state index contributed by atoms with van der Waals surface area (Å²) in [7, 11) is -3.35. The quantitative estimate of drug-likeness (QED) is 0.914. The minimum Gasteiger partial charge on any atom is -0.493 e. The Labute approximate surface area is 122 Å². The van der Waals surface area contributed by atoms with Gasteiger partial charge in [0, 0.05) is 23.0 Å². The molecule has 1 aliphatic heterocycles. The molecule has 0 aromatic heterocycles. The van der Waals surface area contributed by atoms with Crippen molar-refractivity contribution in [3.63, 3.8) is 0 Å². The van der Waals surface area contributed by atoms with Gasteiger partial charge in [0.25, 0.3) is 0 Å².